The predicted molar refractivity (Wildman–Crippen MR) is 60.6 cm³/mol. The van der Waals surface area contributed by atoms with Crippen LogP contribution in [0.4, 0.5) is 14.5 Å². The summed E-state index contributed by atoms with van der Waals surface area (Å²) in [7, 11) is 0. The molecule has 0 bridgehead atoms. The van der Waals surface area contributed by atoms with Gasteiger partial charge in [0.25, 0.3) is 5.69 Å². The molecule has 0 spiro atoms. The van der Waals surface area contributed by atoms with E-state index < -0.39 is 35.4 Å². The monoisotopic (exact) mass is 295 g/mol. The molecule has 9 heteroatoms. The largest absolute Gasteiger partial charge is 0.481 e. The summed E-state index contributed by atoms with van der Waals surface area (Å²) in [5, 5.41) is 19.3. The molecule has 0 unspecified atom stereocenters. The first-order valence-corrected chi connectivity index (χ1v) is 5.41. The van der Waals surface area contributed by atoms with Gasteiger partial charge in [0, 0.05) is 11.6 Å². The average molecular weight is 296 g/mol. The Labute approximate surface area is 110 Å². The molecule has 0 heterocycles. The van der Waals surface area contributed by atoms with Crippen molar-refractivity contribution in [1.29, 1.82) is 0 Å². The Morgan fingerprint density at radius 1 is 1.53 bits per heavy atom. The van der Waals surface area contributed by atoms with Gasteiger partial charge in [-0.2, -0.15) is 8.78 Å². The zero-order chi connectivity index (χ0) is 14.6. The minimum Gasteiger partial charge on any atom is -0.481 e. The maximum Gasteiger partial charge on any atom is 0.387 e. The normalized spacial score (nSPS) is 10.5. The van der Waals surface area contributed by atoms with E-state index in [-0.39, 0.29) is 17.0 Å². The number of nitro groups is 1. The van der Waals surface area contributed by atoms with Crippen LogP contribution in [0.1, 0.15) is 11.1 Å². The number of nitro benzene ring substituents is 1. The lowest BCUT2D eigenvalue weighted by Crippen LogP contribution is -2.09. The van der Waals surface area contributed by atoms with Gasteiger partial charge in [-0.1, -0.05) is 0 Å². The van der Waals surface area contributed by atoms with Crippen molar-refractivity contribution < 1.29 is 28.3 Å². The highest BCUT2D eigenvalue weighted by Crippen LogP contribution is 2.31. The number of carbonyl (C=O) groups is 1. The third-order valence-corrected chi connectivity index (χ3v) is 2.46. The predicted octanol–water partition coefficient (Wildman–Crippen LogP) is 2.56. The molecule has 0 aliphatic carbocycles. The van der Waals surface area contributed by atoms with E-state index in [0.717, 1.165) is 12.1 Å². The molecule has 0 saturated carbocycles. The van der Waals surface area contributed by atoms with Crippen molar-refractivity contribution in [3.8, 4) is 5.75 Å². The lowest BCUT2D eigenvalue weighted by molar-refractivity contribution is -0.385. The SMILES string of the molecule is O=C(O)Cc1cc([N+](=O)[O-])cc(OC(F)F)c1CCl. The molecule has 1 aromatic rings. The van der Waals surface area contributed by atoms with Gasteiger partial charge in [0.1, 0.15) is 5.75 Å². The lowest BCUT2D eigenvalue weighted by Gasteiger charge is -2.12. The quantitative estimate of drug-likeness (QED) is 0.495. The van der Waals surface area contributed by atoms with Crippen LogP contribution in [0.2, 0.25) is 0 Å². The number of ether oxygens (including phenoxy) is 1. The van der Waals surface area contributed by atoms with Gasteiger partial charge in [0.15, 0.2) is 0 Å². The Morgan fingerprint density at radius 2 is 2.16 bits per heavy atom. The zero-order valence-electron chi connectivity index (χ0n) is 9.31. The first-order valence-electron chi connectivity index (χ1n) is 4.88. The zero-order valence-corrected chi connectivity index (χ0v) is 10.1. The van der Waals surface area contributed by atoms with Crippen molar-refractivity contribution in [3.63, 3.8) is 0 Å². The molecule has 0 aromatic heterocycles. The fourth-order valence-corrected chi connectivity index (χ4v) is 1.77. The second-order valence-electron chi connectivity index (χ2n) is 3.42. The summed E-state index contributed by atoms with van der Waals surface area (Å²) in [5.41, 5.74) is -0.580. The molecular weight excluding hydrogens is 288 g/mol. The van der Waals surface area contributed by atoms with E-state index >= 15 is 0 Å². The lowest BCUT2D eigenvalue weighted by atomic mass is 10.0. The van der Waals surface area contributed by atoms with E-state index in [1.165, 1.54) is 0 Å². The number of non-ortho nitro benzene ring substituents is 1. The Morgan fingerprint density at radius 3 is 2.58 bits per heavy atom. The van der Waals surface area contributed by atoms with Gasteiger partial charge in [-0.25, -0.2) is 0 Å². The summed E-state index contributed by atoms with van der Waals surface area (Å²) in [6.07, 6.45) is -0.580. The van der Waals surface area contributed by atoms with Crippen LogP contribution < -0.4 is 4.74 Å². The molecule has 0 aliphatic rings. The van der Waals surface area contributed by atoms with Crippen LogP contribution in [0.5, 0.6) is 5.75 Å². The molecule has 1 N–H and O–H groups in total. The van der Waals surface area contributed by atoms with Crippen molar-refractivity contribution in [1.82, 2.24) is 0 Å². The number of carboxylic acids is 1. The van der Waals surface area contributed by atoms with Crippen LogP contribution in [0, 0.1) is 10.1 Å². The first kappa shape index (κ1) is 15.1. The van der Waals surface area contributed by atoms with E-state index in [2.05, 4.69) is 4.74 Å². The van der Waals surface area contributed by atoms with Gasteiger partial charge < -0.3 is 9.84 Å². The number of nitrogens with zero attached hydrogens (tertiary/aromatic N) is 1. The van der Waals surface area contributed by atoms with Crippen molar-refractivity contribution >= 4 is 23.3 Å². The topological polar surface area (TPSA) is 89.7 Å². The molecule has 0 atom stereocenters. The number of alkyl halides is 3. The molecule has 19 heavy (non-hydrogen) atoms. The Balaban J connectivity index is 3.37. The number of aliphatic carboxylic acids is 1. The Bertz CT molecular complexity index is 509. The highest BCUT2D eigenvalue weighted by atomic mass is 35.5. The third kappa shape index (κ3) is 4.02. The third-order valence-electron chi connectivity index (χ3n) is 2.19. The van der Waals surface area contributed by atoms with E-state index in [1.54, 1.807) is 0 Å². The van der Waals surface area contributed by atoms with Crippen LogP contribution >= 0.6 is 11.6 Å². The van der Waals surface area contributed by atoms with Gasteiger partial charge in [-0.15, -0.1) is 11.6 Å². The highest BCUT2D eigenvalue weighted by molar-refractivity contribution is 6.17. The number of hydrogen-bond donors (Lipinski definition) is 1. The maximum absolute atomic E-state index is 12.2. The minimum absolute atomic E-state index is 0.00466. The van der Waals surface area contributed by atoms with Crippen molar-refractivity contribution in [2.75, 3.05) is 0 Å². The molecule has 0 amide bonds. The molecule has 0 radical (unpaired) electrons. The molecule has 0 saturated heterocycles. The molecule has 0 fully saturated rings. The highest BCUT2D eigenvalue weighted by Gasteiger charge is 2.20. The van der Waals surface area contributed by atoms with Crippen LogP contribution in [-0.4, -0.2) is 22.6 Å². The van der Waals surface area contributed by atoms with Gasteiger partial charge in [0.2, 0.25) is 0 Å². The average Bonchev–Trinajstić information content (AvgIpc) is 2.26. The summed E-state index contributed by atoms with van der Waals surface area (Å²) in [4.78, 5) is 20.5. The molecule has 1 rings (SSSR count). The Hall–Kier alpha value is -1.96. The van der Waals surface area contributed by atoms with Gasteiger partial charge in [-0.3, -0.25) is 14.9 Å². The first-order chi connectivity index (χ1) is 8.85. The maximum atomic E-state index is 12.2. The van der Waals surface area contributed by atoms with Crippen molar-refractivity contribution in [2.24, 2.45) is 0 Å². The summed E-state index contributed by atoms with van der Waals surface area (Å²) < 4.78 is 28.6. The second-order valence-corrected chi connectivity index (χ2v) is 3.69. The number of benzene rings is 1. The Kier molecular flexibility index (Phi) is 4.99. The molecule has 0 aliphatic heterocycles. The van der Waals surface area contributed by atoms with Crippen LogP contribution in [0.3, 0.4) is 0 Å². The van der Waals surface area contributed by atoms with Crippen molar-refractivity contribution in [3.05, 3.63) is 33.4 Å². The van der Waals surface area contributed by atoms with E-state index in [4.69, 9.17) is 16.7 Å². The van der Waals surface area contributed by atoms with Gasteiger partial charge >= 0.3 is 12.6 Å². The summed E-state index contributed by atoms with van der Waals surface area (Å²) in [6, 6.07) is 1.76. The number of rotatable bonds is 6. The number of carboxylic acid groups (broad SMARTS) is 1. The standard InChI is InChI=1S/C10H8ClF2NO5/c11-4-7-5(2-9(15)16)1-6(14(17)18)3-8(7)19-10(12)13/h1,3,10H,2,4H2,(H,15,16). The summed E-state index contributed by atoms with van der Waals surface area (Å²) in [6.45, 7) is -3.19. The van der Waals surface area contributed by atoms with Crippen LogP contribution in [-0.2, 0) is 17.1 Å². The molecule has 104 valence electrons. The smallest absolute Gasteiger partial charge is 0.387 e. The summed E-state index contributed by atoms with van der Waals surface area (Å²) >= 11 is 5.55. The second kappa shape index (κ2) is 6.28. The fourth-order valence-electron chi connectivity index (χ4n) is 1.47. The van der Waals surface area contributed by atoms with E-state index in [0.29, 0.717) is 0 Å². The van der Waals surface area contributed by atoms with Crippen LogP contribution in [0.15, 0.2) is 12.1 Å². The molecular formula is C10H8ClF2NO5. The minimum atomic E-state index is -3.19. The summed E-state index contributed by atoms with van der Waals surface area (Å²) in [5.74, 6) is -2.06. The van der Waals surface area contributed by atoms with E-state index in [9.17, 15) is 23.7 Å². The molecule has 1 aromatic carbocycles. The van der Waals surface area contributed by atoms with E-state index in [1.807, 2.05) is 0 Å². The van der Waals surface area contributed by atoms with Gasteiger partial charge in [-0.05, 0) is 5.56 Å². The molecule has 6 nitrogen and oxygen atoms in total. The number of halogens is 3. The number of hydrogen-bond acceptors (Lipinski definition) is 4. The van der Waals surface area contributed by atoms with Gasteiger partial charge in [0.05, 0.1) is 23.3 Å². The fraction of sp³-hybridized carbons (Fsp3) is 0.300. The van der Waals surface area contributed by atoms with Crippen LogP contribution in [0.25, 0.3) is 0 Å². The van der Waals surface area contributed by atoms with Crippen molar-refractivity contribution in [2.45, 2.75) is 18.9 Å².